The van der Waals surface area contributed by atoms with Crippen LogP contribution in [0.5, 0.6) is 0 Å². The van der Waals surface area contributed by atoms with E-state index in [0.717, 1.165) is 41.9 Å². The summed E-state index contributed by atoms with van der Waals surface area (Å²) in [6.45, 7) is 8.95. The average Bonchev–Trinajstić information content (AvgIpc) is 2.92. The minimum absolute atomic E-state index is 0.0291. The van der Waals surface area contributed by atoms with Crippen LogP contribution in [-0.2, 0) is 19.5 Å². The van der Waals surface area contributed by atoms with Gasteiger partial charge in [-0.05, 0) is 0 Å². The molecule has 2 aromatic heterocycles. The number of hydrogen-bond acceptors (Lipinski definition) is 6. The molecule has 0 spiro atoms. The second-order valence-electron chi connectivity index (χ2n) is 10.1. The van der Waals surface area contributed by atoms with Gasteiger partial charge in [0.15, 0.2) is 0 Å². The molecule has 4 aromatic rings. The topological polar surface area (TPSA) is 75.9 Å². The van der Waals surface area contributed by atoms with Crippen molar-refractivity contribution in [2.75, 3.05) is 11.4 Å². The molecule has 7 nitrogen and oxygen atoms in total. The second kappa shape index (κ2) is 12.1. The first-order valence-electron chi connectivity index (χ1n) is 13.3. The molecule has 1 radical (unpaired) electrons. The molecule has 0 aliphatic carbocycles. The first-order valence-corrected chi connectivity index (χ1v) is 15.3. The summed E-state index contributed by atoms with van der Waals surface area (Å²) in [6.07, 6.45) is 3.72. The van der Waals surface area contributed by atoms with Crippen molar-refractivity contribution < 1.29 is 0 Å². The van der Waals surface area contributed by atoms with Crippen LogP contribution in [-0.4, -0.2) is 47.9 Å². The molecular weight excluding hydrogens is 535 g/mol. The van der Waals surface area contributed by atoms with Gasteiger partial charge in [-0.15, -0.1) is 0 Å². The molecule has 1 aliphatic heterocycles. The molecule has 1 N–H and O–H groups in total. The van der Waals surface area contributed by atoms with E-state index in [1.807, 2.05) is 42.6 Å². The third-order valence-corrected chi connectivity index (χ3v) is 8.78. The normalized spacial score (nSPS) is 14.3. The Bertz CT molecular complexity index is 1440. The molecule has 1 aliphatic rings. The van der Waals surface area contributed by atoms with Crippen LogP contribution in [0.2, 0.25) is 4.71 Å². The summed E-state index contributed by atoms with van der Waals surface area (Å²) in [5.41, 5.74) is 4.27. The summed E-state index contributed by atoms with van der Waals surface area (Å²) in [5.74, 6) is 1.47. The van der Waals surface area contributed by atoms with Gasteiger partial charge >= 0.3 is 232 Å². The Kier molecular flexibility index (Phi) is 8.35. The summed E-state index contributed by atoms with van der Waals surface area (Å²) in [6, 6.07) is 22.7. The van der Waals surface area contributed by atoms with Gasteiger partial charge in [-0.1, -0.05) is 0 Å². The fourth-order valence-electron chi connectivity index (χ4n) is 4.69. The standard InChI is InChI=1S/C30H34AsN6O/c1-21(2)33-20-24-10-7-9-23(18-24)17-22(3)31-29-32-14-13-27(35-29)36-15-8-16-37-28(38)19-26(34-30(36)37)25-11-5-4-6-12-25/h4-7,9-14,18-19,21-22,33H,8,15-17,20H2,1-3H3. The van der Waals surface area contributed by atoms with Crippen molar-refractivity contribution in [3.63, 3.8) is 0 Å². The Morgan fingerprint density at radius 1 is 0.947 bits per heavy atom. The van der Waals surface area contributed by atoms with Crippen LogP contribution in [0.4, 0.5) is 11.8 Å². The molecule has 0 fully saturated rings. The summed E-state index contributed by atoms with van der Waals surface area (Å²) in [5, 5.41) is 3.50. The first kappa shape index (κ1) is 26.3. The van der Waals surface area contributed by atoms with Crippen LogP contribution in [0.25, 0.3) is 11.3 Å². The van der Waals surface area contributed by atoms with E-state index in [1.165, 1.54) is 11.1 Å². The molecule has 1 atom stereocenters. The molecule has 8 heteroatoms. The quantitative estimate of drug-likeness (QED) is 0.306. The van der Waals surface area contributed by atoms with Gasteiger partial charge in [0, 0.05) is 0 Å². The van der Waals surface area contributed by atoms with E-state index in [9.17, 15) is 4.79 Å². The monoisotopic (exact) mass is 569 g/mol. The van der Waals surface area contributed by atoms with E-state index in [4.69, 9.17) is 9.97 Å². The Balaban J connectivity index is 1.34. The predicted molar refractivity (Wildman–Crippen MR) is 155 cm³/mol. The number of aromatic nitrogens is 4. The molecule has 1 unspecified atom stereocenters. The van der Waals surface area contributed by atoms with Gasteiger partial charge in [-0.3, -0.25) is 0 Å². The van der Waals surface area contributed by atoms with Gasteiger partial charge in [0.1, 0.15) is 0 Å². The van der Waals surface area contributed by atoms with Gasteiger partial charge in [0.05, 0.1) is 0 Å². The van der Waals surface area contributed by atoms with Gasteiger partial charge in [-0.2, -0.15) is 0 Å². The number of rotatable bonds is 9. The summed E-state index contributed by atoms with van der Waals surface area (Å²) in [7, 11) is 0. The number of benzene rings is 2. The number of anilines is 2. The van der Waals surface area contributed by atoms with Crippen LogP contribution in [0.3, 0.4) is 0 Å². The second-order valence-corrected chi connectivity index (χ2v) is 13.3. The summed E-state index contributed by atoms with van der Waals surface area (Å²) >= 11 is -0.227. The molecule has 3 heterocycles. The van der Waals surface area contributed by atoms with Crippen LogP contribution < -0.4 is 20.4 Å². The third kappa shape index (κ3) is 6.40. The van der Waals surface area contributed by atoms with Gasteiger partial charge in [0.25, 0.3) is 0 Å². The Morgan fingerprint density at radius 2 is 1.76 bits per heavy atom. The van der Waals surface area contributed by atoms with Crippen molar-refractivity contribution in [2.24, 2.45) is 0 Å². The molecule has 2 aromatic carbocycles. The maximum atomic E-state index is 13.0. The zero-order valence-corrected chi connectivity index (χ0v) is 24.1. The van der Waals surface area contributed by atoms with Crippen molar-refractivity contribution >= 4 is 32.1 Å². The van der Waals surface area contributed by atoms with E-state index in [2.05, 4.69) is 60.2 Å². The number of fused-ring (bicyclic) bond motifs is 1. The number of nitrogens with one attached hydrogen (secondary N) is 1. The van der Waals surface area contributed by atoms with Crippen LogP contribution in [0.1, 0.15) is 38.3 Å². The van der Waals surface area contributed by atoms with E-state index in [-0.39, 0.29) is 21.3 Å². The molecule has 0 bridgehead atoms. The van der Waals surface area contributed by atoms with Crippen molar-refractivity contribution in [2.45, 2.75) is 57.4 Å². The van der Waals surface area contributed by atoms with E-state index < -0.39 is 0 Å². The van der Waals surface area contributed by atoms with E-state index in [0.29, 0.717) is 28.9 Å². The molecule has 0 saturated heterocycles. The Morgan fingerprint density at radius 3 is 2.58 bits per heavy atom. The van der Waals surface area contributed by atoms with E-state index in [1.54, 1.807) is 10.6 Å². The Hall–Kier alpha value is -3.28. The zero-order valence-electron chi connectivity index (χ0n) is 22.2. The minimum atomic E-state index is -0.227. The zero-order chi connectivity index (χ0) is 26.5. The number of nitrogens with zero attached hydrogens (tertiary/aromatic N) is 5. The van der Waals surface area contributed by atoms with Crippen molar-refractivity contribution in [3.05, 3.63) is 94.4 Å². The van der Waals surface area contributed by atoms with Gasteiger partial charge < -0.3 is 0 Å². The Labute approximate surface area is 231 Å². The fourth-order valence-corrected chi connectivity index (χ4v) is 6.77. The van der Waals surface area contributed by atoms with Crippen LogP contribution in [0.15, 0.2) is 77.7 Å². The van der Waals surface area contributed by atoms with Gasteiger partial charge in [-0.25, -0.2) is 0 Å². The van der Waals surface area contributed by atoms with Gasteiger partial charge in [0.2, 0.25) is 0 Å². The average molecular weight is 570 g/mol. The molecule has 195 valence electrons. The molecule has 38 heavy (non-hydrogen) atoms. The fraction of sp³-hybridized carbons (Fsp3) is 0.333. The third-order valence-electron chi connectivity index (χ3n) is 6.54. The first-order chi connectivity index (χ1) is 18.5. The van der Waals surface area contributed by atoms with Crippen molar-refractivity contribution in [3.8, 4) is 11.3 Å². The maximum absolute atomic E-state index is 13.0. The molecular formula is C30H34AsN6O. The van der Waals surface area contributed by atoms with E-state index >= 15 is 0 Å². The van der Waals surface area contributed by atoms with Crippen molar-refractivity contribution in [1.82, 2.24) is 24.8 Å². The predicted octanol–water partition coefficient (Wildman–Crippen LogP) is 4.12. The SMILES string of the molecule is CC(C)NCc1cccc(CC(C)[As]c2nccc(N3CCCn4c3nc(-c3ccccc3)cc4=O)n2)c1. The molecule has 0 amide bonds. The van der Waals surface area contributed by atoms with Crippen LogP contribution in [0, 0.1) is 0 Å². The molecule has 5 rings (SSSR count). The molecule has 0 saturated carbocycles. The van der Waals surface area contributed by atoms with Crippen LogP contribution >= 0.6 is 0 Å². The summed E-state index contributed by atoms with van der Waals surface area (Å²) < 4.78 is 3.14. The summed E-state index contributed by atoms with van der Waals surface area (Å²) in [4.78, 5) is 29.6. The van der Waals surface area contributed by atoms with Crippen molar-refractivity contribution in [1.29, 1.82) is 0 Å². The number of hydrogen-bond donors (Lipinski definition) is 1.